The lowest BCUT2D eigenvalue weighted by molar-refractivity contribution is 0.0185. The highest BCUT2D eigenvalue weighted by atomic mass is 16.6. The lowest BCUT2D eigenvalue weighted by Gasteiger charge is -2.35. The van der Waals surface area contributed by atoms with Gasteiger partial charge < -0.3 is 16.6 Å². The molecule has 0 aromatic rings. The highest BCUT2D eigenvalue weighted by molar-refractivity contribution is 5.68. The first-order chi connectivity index (χ1) is 6.38. The van der Waals surface area contributed by atoms with E-state index in [0.29, 0.717) is 5.92 Å². The van der Waals surface area contributed by atoms with Gasteiger partial charge in [0, 0.05) is 6.54 Å². The van der Waals surface area contributed by atoms with E-state index in [1.165, 1.54) is 0 Å². The number of hydrogen-bond acceptors (Lipinski definition) is 2. The van der Waals surface area contributed by atoms with Crippen LogP contribution < -0.4 is 0 Å². The topological polar surface area (TPSA) is 29.5 Å². The molecule has 1 saturated heterocycles. The fraction of sp³-hybridized carbons (Fsp3) is 0.818. The molecule has 1 rings (SSSR count). The van der Waals surface area contributed by atoms with Gasteiger partial charge in [0.1, 0.15) is 5.60 Å². The van der Waals surface area contributed by atoms with Crippen LogP contribution in [0.25, 0.3) is 0 Å². The zero-order chi connectivity index (χ0) is 10.8. The van der Waals surface area contributed by atoms with Crippen molar-refractivity contribution in [2.24, 2.45) is 5.92 Å². The molecule has 0 saturated carbocycles. The van der Waals surface area contributed by atoms with Crippen LogP contribution in [0.5, 0.6) is 0 Å². The predicted octanol–water partition coefficient (Wildman–Crippen LogP) is 2.47. The Bertz CT molecular complexity index is 208. The molecule has 1 amide bonds. The third-order valence-corrected chi connectivity index (χ3v) is 2.17. The van der Waals surface area contributed by atoms with Crippen molar-refractivity contribution in [3.8, 4) is 0 Å². The molecule has 82 valence electrons. The van der Waals surface area contributed by atoms with Crippen molar-refractivity contribution in [2.45, 2.75) is 39.2 Å². The van der Waals surface area contributed by atoms with E-state index in [1.807, 2.05) is 20.8 Å². The Kier molecular flexibility index (Phi) is 3.40. The highest BCUT2D eigenvalue weighted by Crippen LogP contribution is 2.18. The number of rotatable bonds is 0. The number of ether oxygens (including phenoxy) is 1. The molecule has 0 bridgehead atoms. The van der Waals surface area contributed by atoms with Gasteiger partial charge in [-0.3, -0.25) is 0 Å². The Morgan fingerprint density at radius 1 is 1.50 bits per heavy atom. The number of nitrogens with zero attached hydrogens (tertiary/aromatic N) is 1. The second kappa shape index (κ2) is 4.20. The lowest BCUT2D eigenvalue weighted by atomic mass is 10.0. The summed E-state index contributed by atoms with van der Waals surface area (Å²) in [5.41, 5.74) is -0.398. The van der Waals surface area contributed by atoms with Crippen LogP contribution in [0.15, 0.2) is 0 Å². The molecule has 1 fully saturated rings. The number of piperidine rings is 1. The Labute approximate surface area is 86.4 Å². The predicted molar refractivity (Wildman–Crippen MR) is 55.9 cm³/mol. The van der Waals surface area contributed by atoms with Crippen molar-refractivity contribution >= 4 is 6.09 Å². The van der Waals surface area contributed by atoms with Crippen LogP contribution in [0.1, 0.15) is 33.6 Å². The lowest BCUT2D eigenvalue weighted by Crippen LogP contribution is -2.42. The van der Waals surface area contributed by atoms with Crippen molar-refractivity contribution in [2.75, 3.05) is 13.1 Å². The van der Waals surface area contributed by atoms with Gasteiger partial charge in [0.15, 0.2) is 0 Å². The van der Waals surface area contributed by atoms with E-state index in [0.717, 1.165) is 25.9 Å². The van der Waals surface area contributed by atoms with Crippen molar-refractivity contribution in [3.05, 3.63) is 6.92 Å². The molecule has 1 atom stereocenters. The first-order valence-electron chi connectivity index (χ1n) is 5.19. The van der Waals surface area contributed by atoms with Gasteiger partial charge in [-0.05, 0) is 33.7 Å². The molecule has 0 aromatic heterocycles. The third kappa shape index (κ3) is 3.56. The van der Waals surface area contributed by atoms with Gasteiger partial charge in [0.25, 0.3) is 0 Å². The van der Waals surface area contributed by atoms with Gasteiger partial charge in [-0.25, -0.2) is 4.79 Å². The molecule has 0 aromatic carbocycles. The minimum atomic E-state index is -0.398. The Hall–Kier alpha value is -0.730. The molecule has 3 heteroatoms. The number of hydrogen-bond donors (Lipinski definition) is 0. The summed E-state index contributed by atoms with van der Waals surface area (Å²) in [6.45, 7) is 11.2. The van der Waals surface area contributed by atoms with Crippen LogP contribution in [0.2, 0.25) is 0 Å². The molecule has 1 aliphatic rings. The van der Waals surface area contributed by atoms with Gasteiger partial charge in [0.2, 0.25) is 0 Å². The van der Waals surface area contributed by atoms with E-state index in [1.54, 1.807) is 4.90 Å². The summed E-state index contributed by atoms with van der Waals surface area (Å²) < 4.78 is 5.28. The highest BCUT2D eigenvalue weighted by Gasteiger charge is 2.23. The molecule has 3 nitrogen and oxygen atoms in total. The summed E-state index contributed by atoms with van der Waals surface area (Å²) in [5.74, 6) is 0.358. The normalized spacial score (nSPS) is 23.4. The number of likely N-dealkylation sites (tertiary alicyclic amines) is 1. The molecule has 0 spiro atoms. The summed E-state index contributed by atoms with van der Waals surface area (Å²) in [6.07, 6.45) is 1.94. The summed E-state index contributed by atoms with van der Waals surface area (Å²) in [7, 11) is 0. The molecule has 0 radical (unpaired) electrons. The van der Waals surface area contributed by atoms with E-state index < -0.39 is 5.60 Å². The molecular formula is C11H20NO2-. The summed E-state index contributed by atoms with van der Waals surface area (Å²) in [6, 6.07) is 0. The molecule has 14 heavy (non-hydrogen) atoms. The molecule has 0 N–H and O–H groups in total. The summed E-state index contributed by atoms with van der Waals surface area (Å²) in [4.78, 5) is 13.4. The van der Waals surface area contributed by atoms with Crippen LogP contribution in [-0.4, -0.2) is 29.7 Å². The second-order valence-electron chi connectivity index (χ2n) is 4.93. The standard InChI is InChI=1S/C11H20NO2/c1-9-6-5-7-12(8-9)10(13)14-11(2,3)4/h9H,1,5-8H2,2-4H3/q-1. The Morgan fingerprint density at radius 2 is 2.14 bits per heavy atom. The minimum Gasteiger partial charge on any atom is -0.444 e. The second-order valence-corrected chi connectivity index (χ2v) is 4.93. The molecule has 1 aliphatic heterocycles. The number of carbonyl (C=O) groups is 1. The Balaban J connectivity index is 2.44. The van der Waals surface area contributed by atoms with Crippen molar-refractivity contribution in [1.29, 1.82) is 0 Å². The number of amides is 1. The maximum Gasteiger partial charge on any atom is 0.410 e. The largest absolute Gasteiger partial charge is 0.444 e. The monoisotopic (exact) mass is 198 g/mol. The van der Waals surface area contributed by atoms with Crippen LogP contribution in [-0.2, 0) is 4.74 Å². The molecule has 1 unspecified atom stereocenters. The SMILES string of the molecule is [CH2-]C1CCCN(C(=O)OC(C)(C)C)C1. The van der Waals surface area contributed by atoms with Gasteiger partial charge in [-0.15, -0.1) is 0 Å². The maximum atomic E-state index is 11.6. The molecular weight excluding hydrogens is 178 g/mol. The summed E-state index contributed by atoms with van der Waals surface area (Å²) >= 11 is 0. The quantitative estimate of drug-likeness (QED) is 0.560. The van der Waals surface area contributed by atoms with Gasteiger partial charge >= 0.3 is 6.09 Å². The van der Waals surface area contributed by atoms with E-state index in [-0.39, 0.29) is 6.09 Å². The fourth-order valence-electron chi connectivity index (χ4n) is 1.56. The zero-order valence-corrected chi connectivity index (χ0v) is 9.38. The van der Waals surface area contributed by atoms with Crippen LogP contribution in [0.4, 0.5) is 4.79 Å². The van der Waals surface area contributed by atoms with Gasteiger partial charge in [-0.2, -0.15) is 5.92 Å². The summed E-state index contributed by atoms with van der Waals surface area (Å²) in [5, 5.41) is 0. The zero-order valence-electron chi connectivity index (χ0n) is 9.38. The van der Waals surface area contributed by atoms with E-state index in [9.17, 15) is 4.79 Å². The minimum absolute atomic E-state index is 0.203. The van der Waals surface area contributed by atoms with E-state index in [2.05, 4.69) is 6.92 Å². The van der Waals surface area contributed by atoms with Crippen LogP contribution in [0, 0.1) is 12.8 Å². The maximum absolute atomic E-state index is 11.6. The van der Waals surface area contributed by atoms with Crippen molar-refractivity contribution in [1.82, 2.24) is 4.90 Å². The van der Waals surface area contributed by atoms with E-state index in [4.69, 9.17) is 4.74 Å². The first-order valence-corrected chi connectivity index (χ1v) is 5.19. The van der Waals surface area contributed by atoms with Crippen molar-refractivity contribution < 1.29 is 9.53 Å². The Morgan fingerprint density at radius 3 is 2.64 bits per heavy atom. The molecule has 1 heterocycles. The first kappa shape index (κ1) is 11.3. The van der Waals surface area contributed by atoms with E-state index >= 15 is 0 Å². The third-order valence-electron chi connectivity index (χ3n) is 2.17. The molecule has 0 aliphatic carbocycles. The van der Waals surface area contributed by atoms with Crippen molar-refractivity contribution in [3.63, 3.8) is 0 Å². The van der Waals surface area contributed by atoms with Gasteiger partial charge in [-0.1, -0.05) is 6.42 Å². The van der Waals surface area contributed by atoms with Gasteiger partial charge in [0.05, 0.1) is 0 Å². The average molecular weight is 198 g/mol. The average Bonchev–Trinajstić information content (AvgIpc) is 2.01. The smallest absolute Gasteiger partial charge is 0.410 e. The van der Waals surface area contributed by atoms with Crippen LogP contribution in [0.3, 0.4) is 0 Å². The number of carbonyl (C=O) groups excluding carboxylic acids is 1. The van der Waals surface area contributed by atoms with Crippen LogP contribution >= 0.6 is 0 Å². The fourth-order valence-corrected chi connectivity index (χ4v) is 1.56.